The number of fused-ring (bicyclic) bond motifs is 1. The minimum atomic E-state index is -0.831. The van der Waals surface area contributed by atoms with E-state index in [-0.39, 0.29) is 0 Å². The van der Waals surface area contributed by atoms with Crippen LogP contribution >= 0.6 is 0 Å². The van der Waals surface area contributed by atoms with Crippen LogP contribution in [0.2, 0.25) is 0 Å². The summed E-state index contributed by atoms with van der Waals surface area (Å²) in [6.07, 6.45) is 0. The van der Waals surface area contributed by atoms with Gasteiger partial charge in [-0.05, 0) is 35.6 Å². The molecule has 0 amide bonds. The van der Waals surface area contributed by atoms with Gasteiger partial charge in [0.2, 0.25) is 0 Å². The summed E-state index contributed by atoms with van der Waals surface area (Å²) < 4.78 is 12.2. The smallest absolute Gasteiger partial charge is 0.0536 e. The molecule has 1 N–H and O–H groups in total. The Labute approximate surface area is 113 Å². The van der Waals surface area contributed by atoms with Crippen LogP contribution in [-0.2, 0) is 10.8 Å². The Morgan fingerprint density at radius 1 is 1.44 bits per heavy atom. The highest BCUT2D eigenvalue weighted by Crippen LogP contribution is 2.35. The molecule has 0 aliphatic carbocycles. The van der Waals surface area contributed by atoms with Crippen molar-refractivity contribution in [1.29, 1.82) is 0 Å². The van der Waals surface area contributed by atoms with Gasteiger partial charge < -0.3 is 5.32 Å². The fourth-order valence-corrected chi connectivity index (χ4v) is 4.16. The average molecular weight is 265 g/mol. The van der Waals surface area contributed by atoms with Gasteiger partial charge in [0, 0.05) is 16.7 Å². The zero-order valence-electron chi connectivity index (χ0n) is 11.7. The summed E-state index contributed by atoms with van der Waals surface area (Å²) in [5.74, 6) is 1.72. The number of nitrogens with one attached hydrogen (secondary N) is 1. The predicted octanol–water partition coefficient (Wildman–Crippen LogP) is 3.22. The van der Waals surface area contributed by atoms with Crippen molar-refractivity contribution in [2.24, 2.45) is 5.92 Å². The van der Waals surface area contributed by atoms with Crippen molar-refractivity contribution in [3.63, 3.8) is 0 Å². The molecule has 3 unspecified atom stereocenters. The van der Waals surface area contributed by atoms with E-state index >= 15 is 0 Å². The molecule has 3 heteroatoms. The lowest BCUT2D eigenvalue weighted by atomic mass is 9.91. The summed E-state index contributed by atoms with van der Waals surface area (Å²) >= 11 is 0. The fourth-order valence-electron chi connectivity index (χ4n) is 2.64. The molecule has 18 heavy (non-hydrogen) atoms. The maximum atomic E-state index is 12.2. The highest BCUT2D eigenvalue weighted by Gasteiger charge is 2.30. The molecule has 0 saturated heterocycles. The van der Waals surface area contributed by atoms with Crippen LogP contribution < -0.4 is 5.32 Å². The molecule has 0 radical (unpaired) electrons. The Morgan fingerprint density at radius 3 is 2.78 bits per heavy atom. The van der Waals surface area contributed by atoms with Gasteiger partial charge >= 0.3 is 0 Å². The first-order valence-corrected chi connectivity index (χ1v) is 8.12. The van der Waals surface area contributed by atoms with Gasteiger partial charge in [0.25, 0.3) is 0 Å². The van der Waals surface area contributed by atoms with Crippen molar-refractivity contribution < 1.29 is 4.21 Å². The van der Waals surface area contributed by atoms with Crippen LogP contribution in [0.4, 0.5) is 0 Å². The minimum absolute atomic E-state index is 0.349. The SMILES string of the molecule is CCNC1c2cc(C(C)C)ccc2S(=O)CC1C. The molecule has 1 heterocycles. The Balaban J connectivity index is 2.47. The normalized spacial score (nSPS) is 27.3. The van der Waals surface area contributed by atoms with Gasteiger partial charge in [-0.2, -0.15) is 0 Å². The Hall–Kier alpha value is -0.670. The zero-order chi connectivity index (χ0) is 13.3. The second-order valence-corrected chi connectivity index (χ2v) is 6.94. The quantitative estimate of drug-likeness (QED) is 0.909. The van der Waals surface area contributed by atoms with E-state index in [4.69, 9.17) is 0 Å². The largest absolute Gasteiger partial charge is 0.310 e. The summed E-state index contributed by atoms with van der Waals surface area (Å²) in [6.45, 7) is 9.67. The lowest BCUT2D eigenvalue weighted by molar-refractivity contribution is 0.410. The second-order valence-electron chi connectivity index (χ2n) is 5.48. The number of hydrogen-bond acceptors (Lipinski definition) is 2. The predicted molar refractivity (Wildman–Crippen MR) is 77.4 cm³/mol. The van der Waals surface area contributed by atoms with E-state index < -0.39 is 10.8 Å². The molecule has 3 atom stereocenters. The van der Waals surface area contributed by atoms with E-state index in [9.17, 15) is 4.21 Å². The molecule has 2 nitrogen and oxygen atoms in total. The lowest BCUT2D eigenvalue weighted by Crippen LogP contribution is -2.34. The van der Waals surface area contributed by atoms with Crippen LogP contribution in [0.15, 0.2) is 23.1 Å². The van der Waals surface area contributed by atoms with E-state index in [1.165, 1.54) is 11.1 Å². The molecular weight excluding hydrogens is 242 g/mol. The molecule has 0 spiro atoms. The lowest BCUT2D eigenvalue weighted by Gasteiger charge is -2.32. The van der Waals surface area contributed by atoms with Gasteiger partial charge in [0.1, 0.15) is 0 Å². The van der Waals surface area contributed by atoms with Gasteiger partial charge in [0.05, 0.1) is 10.8 Å². The summed E-state index contributed by atoms with van der Waals surface area (Å²) in [5, 5.41) is 3.54. The first-order chi connectivity index (χ1) is 8.54. The maximum Gasteiger partial charge on any atom is 0.0536 e. The Morgan fingerprint density at radius 2 is 2.17 bits per heavy atom. The molecule has 0 saturated carbocycles. The topological polar surface area (TPSA) is 29.1 Å². The Kier molecular flexibility index (Phi) is 4.23. The third-order valence-electron chi connectivity index (χ3n) is 3.69. The van der Waals surface area contributed by atoms with Crippen LogP contribution in [0.5, 0.6) is 0 Å². The van der Waals surface area contributed by atoms with E-state index in [1.54, 1.807) is 0 Å². The van der Waals surface area contributed by atoms with Crippen molar-refractivity contribution >= 4 is 10.8 Å². The molecular formula is C15H23NOS. The van der Waals surface area contributed by atoms with Crippen molar-refractivity contribution in [2.45, 2.75) is 44.6 Å². The van der Waals surface area contributed by atoms with Crippen LogP contribution in [0.3, 0.4) is 0 Å². The van der Waals surface area contributed by atoms with E-state index in [0.717, 1.165) is 17.2 Å². The average Bonchev–Trinajstić information content (AvgIpc) is 2.33. The summed E-state index contributed by atoms with van der Waals surface area (Å²) in [6, 6.07) is 6.79. The van der Waals surface area contributed by atoms with Gasteiger partial charge in [-0.3, -0.25) is 4.21 Å². The third kappa shape index (κ3) is 2.52. The highest BCUT2D eigenvalue weighted by atomic mass is 32.2. The molecule has 0 aromatic heterocycles. The number of hydrogen-bond donors (Lipinski definition) is 1. The van der Waals surface area contributed by atoms with Crippen molar-refractivity contribution in [1.82, 2.24) is 5.32 Å². The fraction of sp³-hybridized carbons (Fsp3) is 0.600. The van der Waals surface area contributed by atoms with Crippen LogP contribution in [0, 0.1) is 5.92 Å². The highest BCUT2D eigenvalue weighted by molar-refractivity contribution is 7.85. The summed E-state index contributed by atoms with van der Waals surface area (Å²) in [4.78, 5) is 1.03. The molecule has 1 aliphatic rings. The van der Waals surface area contributed by atoms with Gasteiger partial charge in [0.15, 0.2) is 0 Å². The third-order valence-corrected chi connectivity index (χ3v) is 5.38. The standard InChI is InChI=1S/C15H23NOS/c1-5-16-15-11(4)9-18(17)14-7-6-12(10(2)3)8-13(14)15/h6-8,10-11,15-16H,5,9H2,1-4H3. The van der Waals surface area contributed by atoms with Crippen molar-refractivity contribution in [3.05, 3.63) is 29.3 Å². The monoisotopic (exact) mass is 265 g/mol. The molecule has 1 aromatic carbocycles. The molecule has 1 aliphatic heterocycles. The number of rotatable bonds is 3. The first-order valence-electron chi connectivity index (χ1n) is 6.80. The van der Waals surface area contributed by atoms with E-state index in [2.05, 4.69) is 51.2 Å². The molecule has 2 rings (SSSR count). The Bertz CT molecular complexity index is 456. The van der Waals surface area contributed by atoms with Gasteiger partial charge in [-0.15, -0.1) is 0 Å². The van der Waals surface area contributed by atoms with Crippen LogP contribution in [0.25, 0.3) is 0 Å². The summed E-state index contributed by atoms with van der Waals surface area (Å²) in [5.41, 5.74) is 2.59. The van der Waals surface area contributed by atoms with E-state index in [1.807, 2.05) is 0 Å². The summed E-state index contributed by atoms with van der Waals surface area (Å²) in [7, 11) is -0.831. The van der Waals surface area contributed by atoms with Crippen molar-refractivity contribution in [2.75, 3.05) is 12.3 Å². The van der Waals surface area contributed by atoms with Crippen LogP contribution in [0.1, 0.15) is 50.8 Å². The number of benzene rings is 1. The van der Waals surface area contributed by atoms with Gasteiger partial charge in [-0.25, -0.2) is 0 Å². The molecule has 0 fully saturated rings. The molecule has 100 valence electrons. The van der Waals surface area contributed by atoms with Crippen molar-refractivity contribution in [3.8, 4) is 0 Å². The van der Waals surface area contributed by atoms with Gasteiger partial charge in [-0.1, -0.05) is 39.8 Å². The maximum absolute atomic E-state index is 12.2. The second kappa shape index (κ2) is 5.54. The zero-order valence-corrected chi connectivity index (χ0v) is 12.5. The van der Waals surface area contributed by atoms with E-state index in [0.29, 0.717) is 17.9 Å². The first kappa shape index (κ1) is 13.8. The minimum Gasteiger partial charge on any atom is -0.310 e. The van der Waals surface area contributed by atoms with Crippen LogP contribution in [-0.4, -0.2) is 16.5 Å². The molecule has 1 aromatic rings. The molecule has 0 bridgehead atoms.